The molecular weight excluding hydrogens is 274 g/mol. The summed E-state index contributed by atoms with van der Waals surface area (Å²) in [4.78, 5) is 17.2. The topological polar surface area (TPSA) is 41.0 Å². The van der Waals surface area contributed by atoms with Gasteiger partial charge < -0.3 is 9.88 Å². The molecule has 2 aromatic rings. The second kappa shape index (κ2) is 6.02. The number of aryl methyl sites for hydroxylation is 1. The third-order valence-electron chi connectivity index (χ3n) is 3.99. The van der Waals surface area contributed by atoms with Crippen LogP contribution >= 0.6 is 11.6 Å². The highest BCUT2D eigenvalue weighted by molar-refractivity contribution is 6.20. The molecule has 1 N–H and O–H groups in total. The number of aromatic amines is 1. The second-order valence-electron chi connectivity index (χ2n) is 5.49. The molecular formula is C15H20ClN3O. The van der Waals surface area contributed by atoms with Gasteiger partial charge in [0.25, 0.3) is 0 Å². The Kier molecular flexibility index (Phi) is 4.13. The quantitative estimate of drug-likeness (QED) is 0.880. The normalized spacial score (nSPS) is 20.6. The summed E-state index contributed by atoms with van der Waals surface area (Å²) >= 11 is 6.19. The Balaban J connectivity index is 1.62. The summed E-state index contributed by atoms with van der Waals surface area (Å²) in [6, 6.07) is 7.84. The molecule has 1 aliphatic rings. The van der Waals surface area contributed by atoms with Crippen molar-refractivity contribution in [2.45, 2.75) is 31.2 Å². The predicted octanol–water partition coefficient (Wildman–Crippen LogP) is 2.42. The first-order chi connectivity index (χ1) is 9.74. The monoisotopic (exact) mass is 293 g/mol. The predicted molar refractivity (Wildman–Crippen MR) is 82.5 cm³/mol. The summed E-state index contributed by atoms with van der Waals surface area (Å²) in [5.74, 6) is 0. The zero-order valence-corrected chi connectivity index (χ0v) is 12.3. The van der Waals surface area contributed by atoms with Gasteiger partial charge >= 0.3 is 5.69 Å². The van der Waals surface area contributed by atoms with E-state index in [0.717, 1.165) is 50.1 Å². The number of likely N-dealkylation sites (tertiary alicyclic amines) is 1. The van der Waals surface area contributed by atoms with Gasteiger partial charge in [-0.05, 0) is 44.5 Å². The van der Waals surface area contributed by atoms with Gasteiger partial charge in [-0.25, -0.2) is 4.79 Å². The Bertz CT molecular complexity index is 633. The van der Waals surface area contributed by atoms with Gasteiger partial charge in [0.05, 0.1) is 11.0 Å². The van der Waals surface area contributed by atoms with Gasteiger partial charge in [-0.3, -0.25) is 4.57 Å². The maximum atomic E-state index is 11.9. The Hall–Kier alpha value is -1.26. The average Bonchev–Trinajstić information content (AvgIpc) is 2.75. The molecule has 5 heteroatoms. The fourth-order valence-electron chi connectivity index (χ4n) is 2.98. The van der Waals surface area contributed by atoms with Crippen LogP contribution in [-0.4, -0.2) is 39.5 Å². The zero-order chi connectivity index (χ0) is 13.9. The summed E-state index contributed by atoms with van der Waals surface area (Å²) in [6.07, 6.45) is 3.28. The van der Waals surface area contributed by atoms with Crippen LogP contribution in [0.5, 0.6) is 0 Å². The van der Waals surface area contributed by atoms with Crippen LogP contribution in [0.3, 0.4) is 0 Å². The Labute approximate surface area is 123 Å². The largest absolute Gasteiger partial charge is 0.326 e. The number of H-pyrrole nitrogens is 1. The van der Waals surface area contributed by atoms with Crippen LogP contribution in [0, 0.1) is 0 Å². The SMILES string of the molecule is O=c1[nH]c2ccccc2n1CCCN1CCCC(Cl)C1. The number of aromatic nitrogens is 2. The van der Waals surface area contributed by atoms with E-state index < -0.39 is 0 Å². The number of hydrogen-bond donors (Lipinski definition) is 1. The fraction of sp³-hybridized carbons (Fsp3) is 0.533. The minimum absolute atomic E-state index is 0.0138. The standard InChI is InChI=1S/C15H20ClN3O/c16-12-5-3-8-18(11-12)9-4-10-19-14-7-2-1-6-13(14)17-15(19)20/h1-2,6-7,12H,3-5,8-11H2,(H,17,20). The number of rotatable bonds is 4. The third kappa shape index (κ3) is 2.91. The lowest BCUT2D eigenvalue weighted by atomic mass is 10.1. The zero-order valence-electron chi connectivity index (χ0n) is 11.5. The van der Waals surface area contributed by atoms with Crippen molar-refractivity contribution >= 4 is 22.6 Å². The van der Waals surface area contributed by atoms with E-state index in [1.54, 1.807) is 0 Å². The highest BCUT2D eigenvalue weighted by atomic mass is 35.5. The summed E-state index contributed by atoms with van der Waals surface area (Å²) in [7, 11) is 0. The molecule has 108 valence electrons. The summed E-state index contributed by atoms with van der Waals surface area (Å²) in [6.45, 7) is 3.87. The first-order valence-electron chi connectivity index (χ1n) is 7.28. The number of alkyl halides is 1. The van der Waals surface area contributed by atoms with Crippen molar-refractivity contribution < 1.29 is 0 Å². The van der Waals surface area contributed by atoms with Crippen molar-refractivity contribution in [1.82, 2.24) is 14.5 Å². The van der Waals surface area contributed by atoms with Gasteiger partial charge in [-0.15, -0.1) is 11.6 Å². The first-order valence-corrected chi connectivity index (χ1v) is 7.71. The second-order valence-corrected chi connectivity index (χ2v) is 6.11. The first kappa shape index (κ1) is 13.7. The van der Waals surface area contributed by atoms with E-state index in [1.807, 2.05) is 28.8 Å². The molecule has 1 aliphatic heterocycles. The molecule has 2 heterocycles. The number of benzene rings is 1. The fourth-order valence-corrected chi connectivity index (χ4v) is 3.33. The van der Waals surface area contributed by atoms with E-state index in [1.165, 1.54) is 6.42 Å². The number of hydrogen-bond acceptors (Lipinski definition) is 2. The van der Waals surface area contributed by atoms with Crippen LogP contribution in [0.15, 0.2) is 29.1 Å². The van der Waals surface area contributed by atoms with Gasteiger partial charge in [0, 0.05) is 18.5 Å². The van der Waals surface area contributed by atoms with Gasteiger partial charge in [-0.2, -0.15) is 0 Å². The number of halogens is 1. The number of nitrogens with one attached hydrogen (secondary N) is 1. The summed E-state index contributed by atoms with van der Waals surface area (Å²) in [5, 5.41) is 0.291. The van der Waals surface area contributed by atoms with E-state index in [4.69, 9.17) is 11.6 Å². The van der Waals surface area contributed by atoms with Crippen molar-refractivity contribution in [2.75, 3.05) is 19.6 Å². The lowest BCUT2D eigenvalue weighted by Crippen LogP contribution is -2.37. The Morgan fingerprint density at radius 2 is 2.15 bits per heavy atom. The van der Waals surface area contributed by atoms with Crippen molar-refractivity contribution in [3.05, 3.63) is 34.7 Å². The van der Waals surface area contributed by atoms with Crippen LogP contribution in [-0.2, 0) is 6.54 Å². The highest BCUT2D eigenvalue weighted by Crippen LogP contribution is 2.15. The van der Waals surface area contributed by atoms with E-state index in [0.29, 0.717) is 5.38 Å². The van der Waals surface area contributed by atoms with Gasteiger partial charge in [0.15, 0.2) is 0 Å². The Morgan fingerprint density at radius 1 is 1.30 bits per heavy atom. The third-order valence-corrected chi connectivity index (χ3v) is 4.34. The number of para-hydroxylation sites is 2. The Morgan fingerprint density at radius 3 is 3.00 bits per heavy atom. The van der Waals surface area contributed by atoms with Crippen LogP contribution < -0.4 is 5.69 Å². The smallest absolute Gasteiger partial charge is 0.306 e. The van der Waals surface area contributed by atoms with Gasteiger partial charge in [0.1, 0.15) is 0 Å². The lowest BCUT2D eigenvalue weighted by molar-refractivity contribution is 0.226. The number of piperidine rings is 1. The van der Waals surface area contributed by atoms with Gasteiger partial charge in [0.2, 0.25) is 0 Å². The highest BCUT2D eigenvalue weighted by Gasteiger charge is 2.17. The molecule has 1 aromatic heterocycles. The van der Waals surface area contributed by atoms with E-state index in [2.05, 4.69) is 9.88 Å². The molecule has 1 unspecified atom stereocenters. The molecule has 0 saturated carbocycles. The van der Waals surface area contributed by atoms with Crippen molar-refractivity contribution in [3.8, 4) is 0 Å². The van der Waals surface area contributed by atoms with E-state index >= 15 is 0 Å². The molecule has 0 bridgehead atoms. The molecule has 0 radical (unpaired) electrons. The molecule has 20 heavy (non-hydrogen) atoms. The van der Waals surface area contributed by atoms with E-state index in [-0.39, 0.29) is 5.69 Å². The molecule has 1 atom stereocenters. The van der Waals surface area contributed by atoms with E-state index in [9.17, 15) is 4.79 Å². The van der Waals surface area contributed by atoms with Crippen molar-refractivity contribution in [1.29, 1.82) is 0 Å². The van der Waals surface area contributed by atoms with Gasteiger partial charge in [-0.1, -0.05) is 12.1 Å². The maximum absolute atomic E-state index is 11.9. The number of nitrogens with zero attached hydrogens (tertiary/aromatic N) is 2. The van der Waals surface area contributed by atoms with Crippen LogP contribution in [0.2, 0.25) is 0 Å². The number of fused-ring (bicyclic) bond motifs is 1. The van der Waals surface area contributed by atoms with Crippen LogP contribution in [0.25, 0.3) is 11.0 Å². The van der Waals surface area contributed by atoms with Crippen LogP contribution in [0.4, 0.5) is 0 Å². The molecule has 3 rings (SSSR count). The molecule has 0 aliphatic carbocycles. The lowest BCUT2D eigenvalue weighted by Gasteiger charge is -2.29. The minimum Gasteiger partial charge on any atom is -0.306 e. The van der Waals surface area contributed by atoms with Crippen molar-refractivity contribution in [2.24, 2.45) is 0 Å². The maximum Gasteiger partial charge on any atom is 0.326 e. The molecule has 1 fully saturated rings. The summed E-state index contributed by atoms with van der Waals surface area (Å²) in [5.41, 5.74) is 1.89. The average molecular weight is 294 g/mol. The summed E-state index contributed by atoms with van der Waals surface area (Å²) < 4.78 is 1.83. The minimum atomic E-state index is -0.0138. The van der Waals surface area contributed by atoms with Crippen molar-refractivity contribution in [3.63, 3.8) is 0 Å². The number of imidazole rings is 1. The molecule has 1 saturated heterocycles. The molecule has 0 amide bonds. The molecule has 4 nitrogen and oxygen atoms in total. The molecule has 0 spiro atoms. The molecule has 1 aromatic carbocycles. The van der Waals surface area contributed by atoms with Crippen LogP contribution in [0.1, 0.15) is 19.3 Å².